The van der Waals surface area contributed by atoms with Gasteiger partial charge in [-0.25, -0.2) is 0 Å². The van der Waals surface area contributed by atoms with Crippen molar-refractivity contribution >= 4 is 23.2 Å². The lowest BCUT2D eigenvalue weighted by atomic mass is 9.88. The third kappa shape index (κ3) is 2.14. The van der Waals surface area contributed by atoms with Crippen molar-refractivity contribution in [2.24, 2.45) is 5.92 Å². The van der Waals surface area contributed by atoms with Crippen molar-refractivity contribution in [3.63, 3.8) is 0 Å². The van der Waals surface area contributed by atoms with E-state index in [9.17, 15) is 20.0 Å². The highest BCUT2D eigenvalue weighted by Crippen LogP contribution is 2.45. The number of rotatable bonds is 3. The van der Waals surface area contributed by atoms with Crippen LogP contribution >= 0.6 is 11.6 Å². The molecule has 2 aliphatic rings. The van der Waals surface area contributed by atoms with Gasteiger partial charge in [0, 0.05) is 12.1 Å². The molecule has 1 amide bonds. The predicted molar refractivity (Wildman–Crippen MR) is 71.7 cm³/mol. The largest absolute Gasteiger partial charge is 0.386 e. The Morgan fingerprint density at radius 2 is 2.10 bits per heavy atom. The van der Waals surface area contributed by atoms with Gasteiger partial charge in [0.15, 0.2) is 0 Å². The molecule has 1 aromatic rings. The van der Waals surface area contributed by atoms with Crippen molar-refractivity contribution in [2.75, 3.05) is 13.1 Å². The molecular formula is C13H13ClN2O4. The molecule has 0 radical (unpaired) electrons. The van der Waals surface area contributed by atoms with Gasteiger partial charge in [-0.1, -0.05) is 11.6 Å². The number of halogens is 1. The van der Waals surface area contributed by atoms with Crippen molar-refractivity contribution in [1.29, 1.82) is 0 Å². The van der Waals surface area contributed by atoms with Crippen LogP contribution in [0.5, 0.6) is 0 Å². The van der Waals surface area contributed by atoms with Crippen LogP contribution in [0.2, 0.25) is 5.02 Å². The smallest absolute Gasteiger partial charge is 0.270 e. The van der Waals surface area contributed by atoms with Crippen LogP contribution in [-0.2, 0) is 0 Å². The second-order valence-electron chi connectivity index (χ2n) is 5.46. The summed E-state index contributed by atoms with van der Waals surface area (Å²) < 4.78 is 0. The highest BCUT2D eigenvalue weighted by atomic mass is 35.5. The van der Waals surface area contributed by atoms with Gasteiger partial charge in [-0.05, 0) is 24.8 Å². The van der Waals surface area contributed by atoms with E-state index in [1.54, 1.807) is 0 Å². The van der Waals surface area contributed by atoms with E-state index in [0.29, 0.717) is 19.0 Å². The number of hydrogen-bond donors (Lipinski definition) is 1. The standard InChI is InChI=1S/C13H13ClN2O4/c14-11-5-9(16(19)20)3-4-10(11)12(17)15-6-13(18,7-15)8-1-2-8/h3-5,8,18H,1-2,6-7H2. The highest BCUT2D eigenvalue weighted by molar-refractivity contribution is 6.34. The van der Waals surface area contributed by atoms with Gasteiger partial charge >= 0.3 is 0 Å². The van der Waals surface area contributed by atoms with Crippen LogP contribution in [0.3, 0.4) is 0 Å². The van der Waals surface area contributed by atoms with E-state index in [-0.39, 0.29) is 22.2 Å². The SMILES string of the molecule is O=C(c1ccc([N+](=O)[O-])cc1Cl)N1CC(O)(C2CC2)C1. The summed E-state index contributed by atoms with van der Waals surface area (Å²) in [6, 6.07) is 3.78. The quantitative estimate of drug-likeness (QED) is 0.681. The Hall–Kier alpha value is -1.66. The molecule has 1 saturated carbocycles. The summed E-state index contributed by atoms with van der Waals surface area (Å²) in [5, 5.41) is 20.9. The van der Waals surface area contributed by atoms with E-state index < -0.39 is 10.5 Å². The molecule has 3 rings (SSSR count). The fourth-order valence-electron chi connectivity index (χ4n) is 2.60. The number of carbonyl (C=O) groups excluding carboxylic acids is 1. The molecule has 1 heterocycles. The molecule has 106 valence electrons. The highest BCUT2D eigenvalue weighted by Gasteiger charge is 2.53. The van der Waals surface area contributed by atoms with Gasteiger partial charge in [0.05, 0.1) is 28.6 Å². The average Bonchev–Trinajstić information content (AvgIpc) is 3.18. The number of β-amino-alcohol motifs (C(OH)–C–C–N with tert-alkyl or cyclic N) is 1. The lowest BCUT2D eigenvalue weighted by Gasteiger charge is -2.47. The van der Waals surface area contributed by atoms with Crippen LogP contribution in [0.15, 0.2) is 18.2 Å². The molecule has 0 atom stereocenters. The fraction of sp³-hybridized carbons (Fsp3) is 0.462. The van der Waals surface area contributed by atoms with Crippen molar-refractivity contribution in [1.82, 2.24) is 4.90 Å². The van der Waals surface area contributed by atoms with Crippen LogP contribution in [0.25, 0.3) is 0 Å². The first kappa shape index (κ1) is 13.3. The molecule has 0 bridgehead atoms. The summed E-state index contributed by atoms with van der Waals surface area (Å²) in [5.74, 6) is 0.00843. The maximum atomic E-state index is 12.2. The fourth-order valence-corrected chi connectivity index (χ4v) is 2.85. The minimum Gasteiger partial charge on any atom is -0.386 e. The van der Waals surface area contributed by atoms with E-state index in [4.69, 9.17) is 11.6 Å². The summed E-state index contributed by atoms with van der Waals surface area (Å²) >= 11 is 5.92. The second-order valence-corrected chi connectivity index (χ2v) is 5.87. The average molecular weight is 297 g/mol. The zero-order chi connectivity index (χ0) is 14.5. The molecule has 1 saturated heterocycles. The molecule has 0 unspecified atom stereocenters. The van der Waals surface area contributed by atoms with E-state index in [0.717, 1.165) is 12.8 Å². The number of benzene rings is 1. The maximum Gasteiger partial charge on any atom is 0.270 e. The number of amides is 1. The van der Waals surface area contributed by atoms with Crippen LogP contribution in [0, 0.1) is 16.0 Å². The molecule has 2 fully saturated rings. The summed E-state index contributed by atoms with van der Waals surface area (Å²) in [5.41, 5.74) is -0.664. The number of nitro benzene ring substituents is 1. The Labute approximate surface area is 120 Å². The van der Waals surface area contributed by atoms with Gasteiger partial charge in [-0.15, -0.1) is 0 Å². The maximum absolute atomic E-state index is 12.2. The van der Waals surface area contributed by atoms with Crippen LogP contribution in [0.1, 0.15) is 23.2 Å². The summed E-state index contributed by atoms with van der Waals surface area (Å²) in [7, 11) is 0. The summed E-state index contributed by atoms with van der Waals surface area (Å²) in [4.78, 5) is 23.8. The molecule has 20 heavy (non-hydrogen) atoms. The van der Waals surface area contributed by atoms with Gasteiger partial charge in [-0.2, -0.15) is 0 Å². The van der Waals surface area contributed by atoms with Gasteiger partial charge < -0.3 is 10.0 Å². The Bertz CT molecular complexity index is 594. The van der Waals surface area contributed by atoms with Crippen molar-refractivity contribution < 1.29 is 14.8 Å². The Balaban J connectivity index is 1.73. The van der Waals surface area contributed by atoms with Crippen molar-refractivity contribution in [2.45, 2.75) is 18.4 Å². The van der Waals surface area contributed by atoms with E-state index in [1.807, 2.05) is 0 Å². The number of nitro groups is 1. The zero-order valence-electron chi connectivity index (χ0n) is 10.6. The Morgan fingerprint density at radius 3 is 2.60 bits per heavy atom. The number of carbonyl (C=O) groups is 1. The molecular weight excluding hydrogens is 284 g/mol. The van der Waals surface area contributed by atoms with Crippen molar-refractivity contribution in [3.8, 4) is 0 Å². The molecule has 0 aromatic heterocycles. The third-order valence-corrected chi connectivity index (χ3v) is 4.26. The summed E-state index contributed by atoms with van der Waals surface area (Å²) in [6.45, 7) is 0.619. The van der Waals surface area contributed by atoms with Gasteiger partial charge in [-0.3, -0.25) is 14.9 Å². The molecule has 7 heteroatoms. The third-order valence-electron chi connectivity index (χ3n) is 3.95. The Morgan fingerprint density at radius 1 is 1.45 bits per heavy atom. The van der Waals surface area contributed by atoms with Crippen LogP contribution in [-0.4, -0.2) is 39.5 Å². The number of nitrogens with zero attached hydrogens (tertiary/aromatic N) is 2. The Kier molecular flexibility index (Phi) is 2.95. The topological polar surface area (TPSA) is 83.7 Å². The van der Waals surface area contributed by atoms with E-state index >= 15 is 0 Å². The zero-order valence-corrected chi connectivity index (χ0v) is 11.3. The second kappa shape index (κ2) is 4.43. The monoisotopic (exact) mass is 296 g/mol. The summed E-state index contributed by atoms with van der Waals surface area (Å²) in [6.07, 6.45) is 2.02. The van der Waals surface area contributed by atoms with Gasteiger partial charge in [0.2, 0.25) is 0 Å². The van der Waals surface area contributed by atoms with Gasteiger partial charge in [0.1, 0.15) is 5.60 Å². The first-order valence-corrected chi connectivity index (χ1v) is 6.74. The molecule has 0 spiro atoms. The molecule has 1 aliphatic carbocycles. The first-order chi connectivity index (χ1) is 9.40. The molecule has 1 aromatic carbocycles. The van der Waals surface area contributed by atoms with Crippen LogP contribution < -0.4 is 0 Å². The minimum absolute atomic E-state index is 0.0612. The number of aliphatic hydroxyl groups is 1. The van der Waals surface area contributed by atoms with E-state index in [1.165, 1.54) is 23.1 Å². The first-order valence-electron chi connectivity index (χ1n) is 6.36. The molecule has 6 nitrogen and oxygen atoms in total. The lowest BCUT2D eigenvalue weighted by Crippen LogP contribution is -2.64. The van der Waals surface area contributed by atoms with Gasteiger partial charge in [0.25, 0.3) is 11.6 Å². The minimum atomic E-state index is -0.747. The van der Waals surface area contributed by atoms with Crippen molar-refractivity contribution in [3.05, 3.63) is 38.9 Å². The molecule has 1 aliphatic heterocycles. The van der Waals surface area contributed by atoms with Crippen LogP contribution in [0.4, 0.5) is 5.69 Å². The van der Waals surface area contributed by atoms with E-state index in [2.05, 4.69) is 0 Å². The number of likely N-dealkylation sites (tertiary alicyclic amines) is 1. The predicted octanol–water partition coefficient (Wildman–Crippen LogP) is 1.85. The number of non-ortho nitro benzene ring substituents is 1. The number of hydrogen-bond acceptors (Lipinski definition) is 4. The molecule has 1 N–H and O–H groups in total. The normalized spacial score (nSPS) is 20.4. The lowest BCUT2D eigenvalue weighted by molar-refractivity contribution is -0.384.